The second-order valence-electron chi connectivity index (χ2n) is 6.67. The first-order valence-corrected chi connectivity index (χ1v) is 10.5. The lowest BCUT2D eigenvalue weighted by atomic mass is 9.94. The number of sulfonamides is 1. The second-order valence-corrected chi connectivity index (χ2v) is 8.39. The number of hydrogen-bond acceptors (Lipinski definition) is 4. The maximum atomic E-state index is 12.6. The Morgan fingerprint density at radius 2 is 1.71 bits per heavy atom. The van der Waals surface area contributed by atoms with Gasteiger partial charge in [-0.25, -0.2) is 13.1 Å². The summed E-state index contributed by atoms with van der Waals surface area (Å²) in [7, 11) is -3.64. The fourth-order valence-corrected chi connectivity index (χ4v) is 3.91. The molecular formula is C20H28ClN3O3S. The van der Waals surface area contributed by atoms with Crippen molar-refractivity contribution in [2.24, 2.45) is 11.7 Å². The zero-order chi connectivity index (χ0) is 20.0. The predicted octanol–water partition coefficient (Wildman–Crippen LogP) is 3.46. The molecule has 8 heteroatoms. The lowest BCUT2D eigenvalue weighted by molar-refractivity contribution is -0.120. The third-order valence-electron chi connectivity index (χ3n) is 4.52. The molecule has 0 heterocycles. The van der Waals surface area contributed by atoms with Crippen LogP contribution in [0.3, 0.4) is 0 Å². The van der Waals surface area contributed by atoms with Gasteiger partial charge in [-0.2, -0.15) is 0 Å². The molecule has 3 atom stereocenters. The quantitative estimate of drug-likeness (QED) is 0.602. The van der Waals surface area contributed by atoms with Crippen LogP contribution in [0, 0.1) is 5.92 Å². The lowest BCUT2D eigenvalue weighted by Gasteiger charge is -2.20. The van der Waals surface area contributed by atoms with Crippen molar-refractivity contribution in [2.75, 3.05) is 5.32 Å². The number of amides is 1. The second kappa shape index (κ2) is 10.6. The molecule has 28 heavy (non-hydrogen) atoms. The third-order valence-corrected chi connectivity index (χ3v) is 6.10. The molecule has 2 rings (SSSR count). The fraction of sp³-hybridized carbons (Fsp3) is 0.350. The molecule has 0 spiro atoms. The summed E-state index contributed by atoms with van der Waals surface area (Å²) in [6, 6.07) is 15.0. The van der Waals surface area contributed by atoms with Gasteiger partial charge in [-0.05, 0) is 37.1 Å². The fourth-order valence-electron chi connectivity index (χ4n) is 2.54. The number of anilines is 1. The summed E-state index contributed by atoms with van der Waals surface area (Å²) in [6.45, 7) is 5.45. The first-order valence-electron chi connectivity index (χ1n) is 8.98. The van der Waals surface area contributed by atoms with Crippen molar-refractivity contribution in [1.82, 2.24) is 4.72 Å². The number of hydrogen-bond donors (Lipinski definition) is 3. The molecule has 0 radical (unpaired) electrons. The van der Waals surface area contributed by atoms with E-state index in [1.165, 1.54) is 12.1 Å². The van der Waals surface area contributed by atoms with Crippen molar-refractivity contribution in [3.05, 3.63) is 60.2 Å². The molecule has 0 aliphatic carbocycles. The summed E-state index contributed by atoms with van der Waals surface area (Å²) in [5.41, 5.74) is 7.48. The third kappa shape index (κ3) is 6.31. The molecule has 0 aromatic heterocycles. The summed E-state index contributed by atoms with van der Waals surface area (Å²) in [5.74, 6) is -0.748. The van der Waals surface area contributed by atoms with E-state index in [9.17, 15) is 13.2 Å². The Kier molecular flexibility index (Phi) is 9.10. The maximum Gasteiger partial charge on any atom is 0.240 e. The van der Waals surface area contributed by atoms with Crippen LogP contribution in [0.1, 0.15) is 38.8 Å². The molecule has 6 nitrogen and oxygen atoms in total. The van der Waals surface area contributed by atoms with E-state index in [0.717, 1.165) is 5.56 Å². The Bertz CT molecular complexity index is 875. The molecule has 4 N–H and O–H groups in total. The SMILES string of the molecule is CCC(C)NS(=O)(=O)c1cccc(NC(=O)C(C)C(N)c2ccccc2)c1.Cl. The highest BCUT2D eigenvalue weighted by molar-refractivity contribution is 7.89. The van der Waals surface area contributed by atoms with Crippen LogP contribution in [-0.4, -0.2) is 20.4 Å². The van der Waals surface area contributed by atoms with E-state index in [-0.39, 0.29) is 29.3 Å². The van der Waals surface area contributed by atoms with Gasteiger partial charge in [-0.1, -0.05) is 50.2 Å². The van der Waals surface area contributed by atoms with Crippen LogP contribution in [0.4, 0.5) is 5.69 Å². The highest BCUT2D eigenvalue weighted by Gasteiger charge is 2.23. The van der Waals surface area contributed by atoms with Crippen molar-refractivity contribution in [2.45, 2.75) is 44.2 Å². The molecule has 3 unspecified atom stereocenters. The van der Waals surface area contributed by atoms with Crippen molar-refractivity contribution >= 4 is 34.0 Å². The van der Waals surface area contributed by atoms with Gasteiger partial charge in [0.15, 0.2) is 0 Å². The molecule has 154 valence electrons. The van der Waals surface area contributed by atoms with E-state index < -0.39 is 22.0 Å². The number of benzene rings is 2. The van der Waals surface area contributed by atoms with E-state index in [1.807, 2.05) is 37.3 Å². The Morgan fingerprint density at radius 3 is 2.32 bits per heavy atom. The van der Waals surface area contributed by atoms with Crippen LogP contribution in [-0.2, 0) is 14.8 Å². The van der Waals surface area contributed by atoms with Crippen LogP contribution in [0.5, 0.6) is 0 Å². The van der Waals surface area contributed by atoms with Crippen LogP contribution in [0.2, 0.25) is 0 Å². The van der Waals surface area contributed by atoms with Crippen LogP contribution < -0.4 is 15.8 Å². The Hall–Kier alpha value is -1.93. The summed E-state index contributed by atoms with van der Waals surface area (Å²) in [6.07, 6.45) is 0.685. The first-order chi connectivity index (χ1) is 12.7. The summed E-state index contributed by atoms with van der Waals surface area (Å²) >= 11 is 0. The minimum absolute atomic E-state index is 0. The summed E-state index contributed by atoms with van der Waals surface area (Å²) in [4.78, 5) is 12.7. The van der Waals surface area contributed by atoms with Gasteiger partial charge in [0.1, 0.15) is 0 Å². The van der Waals surface area contributed by atoms with Crippen molar-refractivity contribution in [3.8, 4) is 0 Å². The normalized spacial score (nSPS) is 14.4. The number of carbonyl (C=O) groups is 1. The van der Waals surface area contributed by atoms with Crippen molar-refractivity contribution in [1.29, 1.82) is 0 Å². The lowest BCUT2D eigenvalue weighted by Crippen LogP contribution is -2.32. The Balaban J connectivity index is 0.00000392. The topological polar surface area (TPSA) is 101 Å². The van der Waals surface area contributed by atoms with Crippen molar-refractivity contribution in [3.63, 3.8) is 0 Å². The van der Waals surface area contributed by atoms with Gasteiger partial charge >= 0.3 is 0 Å². The Labute approximate surface area is 173 Å². The number of carbonyl (C=O) groups excluding carboxylic acids is 1. The van der Waals surface area contributed by atoms with E-state index in [1.54, 1.807) is 26.0 Å². The molecule has 0 fully saturated rings. The molecule has 2 aromatic rings. The molecule has 1 amide bonds. The minimum Gasteiger partial charge on any atom is -0.326 e. The highest BCUT2D eigenvalue weighted by Crippen LogP contribution is 2.22. The van der Waals surface area contributed by atoms with E-state index >= 15 is 0 Å². The minimum atomic E-state index is -3.64. The molecule has 0 aliphatic heterocycles. The van der Waals surface area contributed by atoms with Crippen molar-refractivity contribution < 1.29 is 13.2 Å². The predicted molar refractivity (Wildman–Crippen MR) is 115 cm³/mol. The zero-order valence-electron chi connectivity index (χ0n) is 16.3. The van der Waals surface area contributed by atoms with E-state index in [0.29, 0.717) is 12.1 Å². The van der Waals surface area contributed by atoms with E-state index in [4.69, 9.17) is 5.73 Å². The summed E-state index contributed by atoms with van der Waals surface area (Å²) < 4.78 is 27.5. The molecule has 0 saturated carbocycles. The molecule has 0 bridgehead atoms. The number of nitrogens with two attached hydrogens (primary N) is 1. The van der Waals surface area contributed by atoms with Gasteiger partial charge in [-0.3, -0.25) is 4.79 Å². The number of nitrogens with one attached hydrogen (secondary N) is 2. The van der Waals surface area contributed by atoms with Gasteiger partial charge in [-0.15, -0.1) is 12.4 Å². The summed E-state index contributed by atoms with van der Waals surface area (Å²) in [5, 5.41) is 2.76. The molecule has 2 aromatic carbocycles. The average molecular weight is 426 g/mol. The molecule has 0 saturated heterocycles. The van der Waals surface area contributed by atoms with Gasteiger partial charge < -0.3 is 11.1 Å². The van der Waals surface area contributed by atoms with Crippen LogP contribution in [0.15, 0.2) is 59.5 Å². The zero-order valence-corrected chi connectivity index (χ0v) is 17.9. The Morgan fingerprint density at radius 1 is 1.07 bits per heavy atom. The van der Waals surface area contributed by atoms with Gasteiger partial charge in [0.2, 0.25) is 15.9 Å². The highest BCUT2D eigenvalue weighted by atomic mass is 35.5. The standard InChI is InChI=1S/C20H27N3O3S.ClH/c1-4-14(2)23-27(25,26)18-12-8-11-17(13-18)22-20(24)15(3)19(21)16-9-6-5-7-10-16;/h5-15,19,23H,4,21H2,1-3H3,(H,22,24);1H. The maximum absolute atomic E-state index is 12.6. The molecular weight excluding hydrogens is 398 g/mol. The van der Waals surface area contributed by atoms with Crippen LogP contribution in [0.25, 0.3) is 0 Å². The number of halogens is 1. The smallest absolute Gasteiger partial charge is 0.240 e. The van der Waals surface area contributed by atoms with E-state index in [2.05, 4.69) is 10.0 Å². The first kappa shape index (κ1) is 24.1. The molecule has 0 aliphatic rings. The van der Waals surface area contributed by atoms with Gasteiger partial charge in [0.05, 0.1) is 10.8 Å². The number of rotatable bonds is 8. The largest absolute Gasteiger partial charge is 0.326 e. The van der Waals surface area contributed by atoms with Crippen LogP contribution >= 0.6 is 12.4 Å². The average Bonchev–Trinajstić information content (AvgIpc) is 2.67. The van der Waals surface area contributed by atoms with Gasteiger partial charge in [0, 0.05) is 17.8 Å². The monoisotopic (exact) mass is 425 g/mol. The van der Waals surface area contributed by atoms with Gasteiger partial charge in [0.25, 0.3) is 0 Å².